The van der Waals surface area contributed by atoms with E-state index >= 15 is 0 Å². The van der Waals surface area contributed by atoms with Crippen molar-refractivity contribution in [2.45, 2.75) is 25.7 Å². The lowest BCUT2D eigenvalue weighted by Gasteiger charge is -2.20. The van der Waals surface area contributed by atoms with E-state index in [4.69, 9.17) is 9.47 Å². The number of anilines is 1. The van der Waals surface area contributed by atoms with Crippen LogP contribution >= 0.6 is 0 Å². The van der Waals surface area contributed by atoms with Gasteiger partial charge in [0.2, 0.25) is 0 Å². The van der Waals surface area contributed by atoms with Crippen LogP contribution in [0.5, 0.6) is 11.5 Å². The zero-order chi connectivity index (χ0) is 23.6. The average Bonchev–Trinajstić information content (AvgIpc) is 3.17. The lowest BCUT2D eigenvalue weighted by molar-refractivity contribution is 0.0761. The number of carbonyl (C=O) groups is 2. The number of para-hydroxylation sites is 1. The molecule has 1 heterocycles. The molecule has 3 aromatic carbocycles. The summed E-state index contributed by atoms with van der Waals surface area (Å²) in [5.41, 5.74) is 1.78. The van der Waals surface area contributed by atoms with Crippen LogP contribution < -0.4 is 14.8 Å². The third kappa shape index (κ3) is 6.61. The zero-order valence-corrected chi connectivity index (χ0v) is 19.2. The van der Waals surface area contributed by atoms with E-state index in [-0.39, 0.29) is 11.8 Å². The Kier molecular flexibility index (Phi) is 8.17. The second-order valence-electron chi connectivity index (χ2n) is 8.28. The van der Waals surface area contributed by atoms with Gasteiger partial charge in [-0.2, -0.15) is 0 Å². The highest BCUT2D eigenvalue weighted by molar-refractivity contribution is 6.04. The van der Waals surface area contributed by atoms with Gasteiger partial charge in [0.25, 0.3) is 11.8 Å². The highest BCUT2D eigenvalue weighted by Gasteiger charge is 2.17. The van der Waals surface area contributed by atoms with Gasteiger partial charge < -0.3 is 19.7 Å². The molecule has 1 aliphatic heterocycles. The van der Waals surface area contributed by atoms with Gasteiger partial charge in [0.15, 0.2) is 0 Å². The molecular weight excluding hydrogens is 428 g/mol. The number of amides is 2. The largest absolute Gasteiger partial charge is 0.490 e. The summed E-state index contributed by atoms with van der Waals surface area (Å²) in [4.78, 5) is 27.4. The number of carbonyl (C=O) groups excluding carboxylic acids is 2. The third-order valence-electron chi connectivity index (χ3n) is 5.74. The minimum atomic E-state index is -0.238. The smallest absolute Gasteiger partial charge is 0.255 e. The van der Waals surface area contributed by atoms with E-state index in [1.54, 1.807) is 42.5 Å². The fourth-order valence-electron chi connectivity index (χ4n) is 3.92. The van der Waals surface area contributed by atoms with Crippen LogP contribution in [0, 0.1) is 0 Å². The van der Waals surface area contributed by atoms with Gasteiger partial charge in [-0.05, 0) is 67.4 Å². The van der Waals surface area contributed by atoms with Gasteiger partial charge in [-0.1, -0.05) is 37.1 Å². The van der Waals surface area contributed by atoms with Crippen molar-refractivity contribution in [2.75, 3.05) is 31.6 Å². The van der Waals surface area contributed by atoms with E-state index in [1.807, 2.05) is 41.3 Å². The van der Waals surface area contributed by atoms with E-state index in [9.17, 15) is 9.59 Å². The predicted molar refractivity (Wildman–Crippen MR) is 133 cm³/mol. The van der Waals surface area contributed by atoms with Crippen LogP contribution in [0.15, 0.2) is 78.9 Å². The van der Waals surface area contributed by atoms with Gasteiger partial charge in [0, 0.05) is 29.9 Å². The molecule has 1 N–H and O–H groups in total. The van der Waals surface area contributed by atoms with E-state index in [1.165, 1.54) is 12.8 Å². The molecule has 1 fully saturated rings. The summed E-state index contributed by atoms with van der Waals surface area (Å²) < 4.78 is 11.4. The quantitative estimate of drug-likeness (QED) is 0.458. The summed E-state index contributed by atoms with van der Waals surface area (Å²) in [6, 6.07) is 23.7. The number of benzene rings is 3. The van der Waals surface area contributed by atoms with Crippen LogP contribution in [0.2, 0.25) is 0 Å². The maximum atomic E-state index is 12.7. The second-order valence-corrected chi connectivity index (χ2v) is 8.28. The zero-order valence-electron chi connectivity index (χ0n) is 19.2. The first-order valence-corrected chi connectivity index (χ1v) is 11.8. The van der Waals surface area contributed by atoms with Gasteiger partial charge in [-0.3, -0.25) is 9.59 Å². The highest BCUT2D eigenvalue weighted by Crippen LogP contribution is 2.18. The van der Waals surface area contributed by atoms with Crippen molar-refractivity contribution in [2.24, 2.45) is 0 Å². The van der Waals surface area contributed by atoms with E-state index < -0.39 is 0 Å². The molecule has 1 saturated heterocycles. The van der Waals surface area contributed by atoms with Gasteiger partial charge >= 0.3 is 0 Å². The number of hydrogen-bond donors (Lipinski definition) is 1. The molecular formula is C28H30N2O4. The summed E-state index contributed by atoms with van der Waals surface area (Å²) in [7, 11) is 0. The first-order valence-electron chi connectivity index (χ1n) is 11.8. The van der Waals surface area contributed by atoms with Crippen LogP contribution in [-0.4, -0.2) is 43.0 Å². The summed E-state index contributed by atoms with van der Waals surface area (Å²) in [5.74, 6) is 1.21. The van der Waals surface area contributed by atoms with Crippen LogP contribution in [0.4, 0.5) is 5.69 Å². The number of ether oxygens (including phenoxy) is 2. The third-order valence-corrected chi connectivity index (χ3v) is 5.74. The Hall–Kier alpha value is -3.80. The topological polar surface area (TPSA) is 67.9 Å². The van der Waals surface area contributed by atoms with Crippen molar-refractivity contribution in [3.8, 4) is 11.5 Å². The molecule has 6 nitrogen and oxygen atoms in total. The lowest BCUT2D eigenvalue weighted by Crippen LogP contribution is -2.31. The molecule has 176 valence electrons. The Bertz CT molecular complexity index is 1080. The number of likely N-dealkylation sites (tertiary alicyclic amines) is 1. The molecule has 0 bridgehead atoms. The fourth-order valence-corrected chi connectivity index (χ4v) is 3.92. The molecule has 0 saturated carbocycles. The molecule has 0 spiro atoms. The van der Waals surface area contributed by atoms with E-state index in [2.05, 4.69) is 5.32 Å². The maximum Gasteiger partial charge on any atom is 0.255 e. The molecule has 0 radical (unpaired) electrons. The fraction of sp³-hybridized carbons (Fsp3) is 0.286. The number of nitrogens with one attached hydrogen (secondary N) is 1. The molecule has 6 heteroatoms. The molecule has 0 atom stereocenters. The Morgan fingerprint density at radius 3 is 2.06 bits per heavy atom. The summed E-state index contributed by atoms with van der Waals surface area (Å²) >= 11 is 0. The van der Waals surface area contributed by atoms with Crippen LogP contribution in [0.3, 0.4) is 0 Å². The minimum absolute atomic E-state index is 0.0564. The van der Waals surface area contributed by atoms with Crippen molar-refractivity contribution >= 4 is 17.5 Å². The Morgan fingerprint density at radius 2 is 1.35 bits per heavy atom. The molecule has 3 aromatic rings. The number of rotatable bonds is 8. The molecule has 34 heavy (non-hydrogen) atoms. The van der Waals surface area contributed by atoms with Crippen molar-refractivity contribution in [3.63, 3.8) is 0 Å². The Labute approximate surface area is 200 Å². The molecule has 0 aliphatic carbocycles. The first kappa shape index (κ1) is 23.4. The van der Waals surface area contributed by atoms with Crippen molar-refractivity contribution < 1.29 is 19.1 Å². The van der Waals surface area contributed by atoms with Crippen molar-refractivity contribution in [1.82, 2.24) is 4.90 Å². The van der Waals surface area contributed by atoms with Crippen LogP contribution in [0.1, 0.15) is 46.4 Å². The van der Waals surface area contributed by atoms with Crippen LogP contribution in [0.25, 0.3) is 0 Å². The normalized spacial score (nSPS) is 13.6. The maximum absolute atomic E-state index is 12.7. The SMILES string of the molecule is O=C(Nc1ccc(C(=O)N2CCCCCC2)cc1)c1cccc(OCCOc2ccccc2)c1. The summed E-state index contributed by atoms with van der Waals surface area (Å²) in [6.07, 6.45) is 4.48. The standard InChI is InChI=1S/C28H30N2O4/c31-27(23-9-8-12-26(21-23)34-20-19-33-25-10-4-3-5-11-25)29-24-15-13-22(14-16-24)28(32)30-17-6-1-2-7-18-30/h3-5,8-16,21H,1-2,6-7,17-20H2,(H,29,31). The van der Waals surface area contributed by atoms with Gasteiger partial charge in [0.1, 0.15) is 24.7 Å². The highest BCUT2D eigenvalue weighted by atomic mass is 16.5. The van der Waals surface area contributed by atoms with Crippen molar-refractivity contribution in [3.05, 3.63) is 90.0 Å². The minimum Gasteiger partial charge on any atom is -0.490 e. The van der Waals surface area contributed by atoms with Gasteiger partial charge in [0.05, 0.1) is 0 Å². The summed E-state index contributed by atoms with van der Waals surface area (Å²) in [6.45, 7) is 2.40. The van der Waals surface area contributed by atoms with E-state index in [0.29, 0.717) is 35.8 Å². The second kappa shape index (κ2) is 11.9. The average molecular weight is 459 g/mol. The lowest BCUT2D eigenvalue weighted by atomic mass is 10.1. The monoisotopic (exact) mass is 458 g/mol. The number of nitrogens with zero attached hydrogens (tertiary/aromatic N) is 1. The first-order chi connectivity index (χ1) is 16.7. The molecule has 4 rings (SSSR count). The predicted octanol–water partition coefficient (Wildman–Crippen LogP) is 5.41. The molecule has 1 aliphatic rings. The number of hydrogen-bond acceptors (Lipinski definition) is 4. The molecule has 0 unspecified atom stereocenters. The molecule has 2 amide bonds. The summed E-state index contributed by atoms with van der Waals surface area (Å²) in [5, 5.41) is 2.89. The Balaban J connectivity index is 1.28. The van der Waals surface area contributed by atoms with Gasteiger partial charge in [-0.25, -0.2) is 0 Å². The van der Waals surface area contributed by atoms with Crippen molar-refractivity contribution in [1.29, 1.82) is 0 Å². The Morgan fingerprint density at radius 1 is 0.706 bits per heavy atom. The molecule has 0 aromatic heterocycles. The van der Waals surface area contributed by atoms with Gasteiger partial charge in [-0.15, -0.1) is 0 Å². The van der Waals surface area contributed by atoms with E-state index in [0.717, 1.165) is 31.7 Å². The van der Waals surface area contributed by atoms with Crippen LogP contribution in [-0.2, 0) is 0 Å².